The molecule has 1 aromatic heterocycles. The third kappa shape index (κ3) is 3.52. The smallest absolute Gasteiger partial charge is 0.291 e. The topological polar surface area (TPSA) is 71.8 Å². The number of carbonyl (C=O) groups is 2. The zero-order chi connectivity index (χ0) is 18.8. The zero-order valence-corrected chi connectivity index (χ0v) is 14.1. The fourth-order valence-electron chi connectivity index (χ4n) is 2.83. The van der Waals surface area contributed by atoms with Gasteiger partial charge in [-0.1, -0.05) is 12.1 Å². The number of halogens is 1. The molecule has 0 atom stereocenters. The van der Waals surface area contributed by atoms with Gasteiger partial charge in [0.15, 0.2) is 12.4 Å². The fourth-order valence-corrected chi connectivity index (χ4v) is 2.83. The highest BCUT2D eigenvalue weighted by Crippen LogP contribution is 2.35. The van der Waals surface area contributed by atoms with Gasteiger partial charge in [-0.15, -0.1) is 0 Å². The van der Waals surface area contributed by atoms with Crippen LogP contribution in [0.3, 0.4) is 0 Å². The second-order valence-corrected chi connectivity index (χ2v) is 6.01. The van der Waals surface area contributed by atoms with Crippen LogP contribution in [-0.2, 0) is 11.3 Å². The molecule has 4 rings (SSSR count). The molecular weight excluding hydrogens is 351 g/mol. The summed E-state index contributed by atoms with van der Waals surface area (Å²) in [6, 6.07) is 14.2. The van der Waals surface area contributed by atoms with Crippen LogP contribution in [0.25, 0.3) is 0 Å². The quantitative estimate of drug-likeness (QED) is 0.766. The molecule has 2 amide bonds. The van der Waals surface area contributed by atoms with Gasteiger partial charge >= 0.3 is 0 Å². The second kappa shape index (κ2) is 6.95. The number of furan rings is 1. The van der Waals surface area contributed by atoms with Crippen LogP contribution < -0.4 is 15.0 Å². The van der Waals surface area contributed by atoms with E-state index in [1.54, 1.807) is 47.4 Å². The number of ether oxygens (including phenoxy) is 1. The maximum Gasteiger partial charge on any atom is 0.291 e. The number of nitrogens with one attached hydrogen (secondary N) is 1. The van der Waals surface area contributed by atoms with Gasteiger partial charge in [-0.2, -0.15) is 0 Å². The fraction of sp³-hybridized carbons (Fsp3) is 0.100. The van der Waals surface area contributed by atoms with E-state index in [1.165, 1.54) is 18.4 Å². The minimum absolute atomic E-state index is 0.107. The number of nitrogens with zero attached hydrogens (tertiary/aromatic N) is 1. The van der Waals surface area contributed by atoms with Crippen LogP contribution in [-0.4, -0.2) is 18.4 Å². The summed E-state index contributed by atoms with van der Waals surface area (Å²) in [4.78, 5) is 26.0. The summed E-state index contributed by atoms with van der Waals surface area (Å²) in [6.45, 7) is 0.192. The first-order chi connectivity index (χ1) is 13.1. The molecule has 0 unspecified atom stereocenters. The van der Waals surface area contributed by atoms with E-state index in [0.29, 0.717) is 23.7 Å². The lowest BCUT2D eigenvalue weighted by Crippen LogP contribution is -2.38. The molecule has 0 fully saturated rings. The number of hydrogen-bond donors (Lipinski definition) is 1. The third-order valence-electron chi connectivity index (χ3n) is 4.16. The van der Waals surface area contributed by atoms with Crippen molar-refractivity contribution in [1.29, 1.82) is 0 Å². The highest BCUT2D eigenvalue weighted by Gasteiger charge is 2.26. The molecule has 2 aromatic carbocycles. The Labute approximate surface area is 154 Å². The van der Waals surface area contributed by atoms with Crippen LogP contribution in [0, 0.1) is 5.82 Å². The molecule has 0 aliphatic carbocycles. The Morgan fingerprint density at radius 3 is 2.70 bits per heavy atom. The lowest BCUT2D eigenvalue weighted by Gasteiger charge is -2.29. The number of anilines is 2. The molecule has 0 saturated carbocycles. The van der Waals surface area contributed by atoms with Gasteiger partial charge in [0, 0.05) is 11.8 Å². The van der Waals surface area contributed by atoms with Crippen LogP contribution in [0.15, 0.2) is 65.3 Å². The molecular formula is C20H15FN2O4. The Morgan fingerprint density at radius 1 is 1.15 bits per heavy atom. The summed E-state index contributed by atoms with van der Waals surface area (Å²) in [6.07, 6.45) is 1.42. The third-order valence-corrected chi connectivity index (χ3v) is 4.16. The van der Waals surface area contributed by atoms with Gasteiger partial charge in [0.2, 0.25) is 0 Å². The van der Waals surface area contributed by atoms with E-state index in [2.05, 4.69) is 5.32 Å². The second-order valence-electron chi connectivity index (χ2n) is 6.01. The van der Waals surface area contributed by atoms with Gasteiger partial charge < -0.3 is 19.4 Å². The zero-order valence-electron chi connectivity index (χ0n) is 14.1. The normalized spacial score (nSPS) is 13.1. The number of hydrogen-bond acceptors (Lipinski definition) is 4. The van der Waals surface area contributed by atoms with Crippen molar-refractivity contribution in [3.05, 3.63) is 78.0 Å². The van der Waals surface area contributed by atoms with Crippen molar-refractivity contribution >= 4 is 23.2 Å². The molecule has 27 heavy (non-hydrogen) atoms. The first kappa shape index (κ1) is 16.8. The van der Waals surface area contributed by atoms with E-state index >= 15 is 0 Å². The monoisotopic (exact) mass is 366 g/mol. The van der Waals surface area contributed by atoms with E-state index in [-0.39, 0.29) is 30.0 Å². The molecule has 1 aliphatic heterocycles. The van der Waals surface area contributed by atoms with Crippen molar-refractivity contribution in [1.82, 2.24) is 0 Å². The maximum atomic E-state index is 13.1. The average Bonchev–Trinajstić information content (AvgIpc) is 3.21. The highest BCUT2D eigenvalue weighted by molar-refractivity contribution is 6.03. The van der Waals surface area contributed by atoms with Gasteiger partial charge in [0.25, 0.3) is 11.8 Å². The van der Waals surface area contributed by atoms with Gasteiger partial charge in [0.05, 0.1) is 18.5 Å². The van der Waals surface area contributed by atoms with E-state index in [4.69, 9.17) is 9.15 Å². The molecule has 1 aliphatic rings. The maximum absolute atomic E-state index is 13.1. The van der Waals surface area contributed by atoms with Crippen molar-refractivity contribution in [3.8, 4) is 5.75 Å². The van der Waals surface area contributed by atoms with E-state index in [9.17, 15) is 14.0 Å². The van der Waals surface area contributed by atoms with Crippen LogP contribution in [0.1, 0.15) is 16.1 Å². The lowest BCUT2D eigenvalue weighted by atomic mass is 10.1. The van der Waals surface area contributed by atoms with Gasteiger partial charge in [0.1, 0.15) is 11.6 Å². The Bertz CT molecular complexity index is 984. The van der Waals surface area contributed by atoms with E-state index in [1.807, 2.05) is 0 Å². The predicted molar refractivity (Wildman–Crippen MR) is 96.2 cm³/mol. The first-order valence-corrected chi connectivity index (χ1v) is 8.27. The molecule has 0 spiro atoms. The summed E-state index contributed by atoms with van der Waals surface area (Å²) in [5.41, 5.74) is 1.91. The standard InChI is InChI=1S/C20H15FN2O4/c21-14-5-3-13(4-6-14)11-23-16-8-7-15(10-18(16)27-12-19(23)24)22-20(25)17-2-1-9-26-17/h1-10H,11-12H2,(H,22,25). The Kier molecular flexibility index (Phi) is 4.33. The Balaban J connectivity index is 1.56. The number of rotatable bonds is 4. The van der Waals surface area contributed by atoms with Crippen molar-refractivity contribution in [2.45, 2.75) is 6.54 Å². The van der Waals surface area contributed by atoms with Crippen molar-refractivity contribution in [3.63, 3.8) is 0 Å². The Morgan fingerprint density at radius 2 is 1.96 bits per heavy atom. The average molecular weight is 366 g/mol. The molecule has 2 heterocycles. The van der Waals surface area contributed by atoms with Gasteiger partial charge in [-0.25, -0.2) is 4.39 Å². The molecule has 3 aromatic rings. The largest absolute Gasteiger partial charge is 0.481 e. The van der Waals surface area contributed by atoms with Crippen molar-refractivity contribution < 1.29 is 23.1 Å². The number of fused-ring (bicyclic) bond motifs is 1. The van der Waals surface area contributed by atoms with Gasteiger partial charge in [-0.05, 0) is 42.0 Å². The predicted octanol–water partition coefficient (Wildman–Crippen LogP) is 3.60. The van der Waals surface area contributed by atoms with Crippen LogP contribution in [0.4, 0.5) is 15.8 Å². The van der Waals surface area contributed by atoms with E-state index in [0.717, 1.165) is 5.56 Å². The van der Waals surface area contributed by atoms with Crippen LogP contribution in [0.2, 0.25) is 0 Å². The number of amides is 2. The molecule has 7 heteroatoms. The summed E-state index contributed by atoms with van der Waals surface area (Å²) in [7, 11) is 0. The van der Waals surface area contributed by atoms with Crippen LogP contribution >= 0.6 is 0 Å². The Hall–Kier alpha value is -3.61. The number of benzene rings is 2. The van der Waals surface area contributed by atoms with Crippen molar-refractivity contribution in [2.75, 3.05) is 16.8 Å². The molecule has 1 N–H and O–H groups in total. The van der Waals surface area contributed by atoms with Gasteiger partial charge in [-0.3, -0.25) is 9.59 Å². The van der Waals surface area contributed by atoms with Crippen LogP contribution in [0.5, 0.6) is 5.75 Å². The molecule has 136 valence electrons. The molecule has 0 saturated heterocycles. The molecule has 0 bridgehead atoms. The summed E-state index contributed by atoms with van der Waals surface area (Å²) in [5, 5.41) is 2.72. The molecule has 0 radical (unpaired) electrons. The summed E-state index contributed by atoms with van der Waals surface area (Å²) < 4.78 is 23.7. The highest BCUT2D eigenvalue weighted by atomic mass is 19.1. The summed E-state index contributed by atoms with van der Waals surface area (Å²) >= 11 is 0. The minimum Gasteiger partial charge on any atom is -0.481 e. The SMILES string of the molecule is O=C(Nc1ccc2c(c1)OCC(=O)N2Cc1ccc(F)cc1)c1ccco1. The minimum atomic E-state index is -0.380. The summed E-state index contributed by atoms with van der Waals surface area (Å²) in [5.74, 6) is -0.227. The number of carbonyl (C=O) groups excluding carboxylic acids is 2. The van der Waals surface area contributed by atoms with E-state index < -0.39 is 0 Å². The lowest BCUT2D eigenvalue weighted by molar-refractivity contribution is -0.121. The van der Waals surface area contributed by atoms with Crippen molar-refractivity contribution in [2.24, 2.45) is 0 Å². The molecule has 6 nitrogen and oxygen atoms in total. The first-order valence-electron chi connectivity index (χ1n) is 8.27.